The van der Waals surface area contributed by atoms with Crippen LogP contribution in [0.15, 0.2) is 24.3 Å². The van der Waals surface area contributed by atoms with Crippen LogP contribution >= 0.6 is 0 Å². The molecule has 2 heteroatoms. The Balaban J connectivity index is 1.89. The van der Waals surface area contributed by atoms with Gasteiger partial charge in [-0.25, -0.2) is 0 Å². The summed E-state index contributed by atoms with van der Waals surface area (Å²) in [6, 6.07) is 9.04. The lowest BCUT2D eigenvalue weighted by atomic mass is 9.81. The monoisotopic (exact) mass is 230 g/mol. The lowest BCUT2D eigenvalue weighted by Gasteiger charge is -2.38. The summed E-state index contributed by atoms with van der Waals surface area (Å²) in [5, 5.41) is 3.50. The largest absolute Gasteiger partial charge is 0.371 e. The fourth-order valence-electron chi connectivity index (χ4n) is 3.12. The first-order valence-electron chi connectivity index (χ1n) is 6.91. The molecule has 2 aliphatic heterocycles. The molecule has 2 heterocycles. The number of anilines is 1. The van der Waals surface area contributed by atoms with E-state index in [-0.39, 0.29) is 0 Å². The van der Waals surface area contributed by atoms with Gasteiger partial charge in [0.05, 0.1) is 0 Å². The molecule has 17 heavy (non-hydrogen) atoms. The molecule has 0 amide bonds. The fraction of sp³-hybridized carbons (Fsp3) is 0.600. The smallest absolute Gasteiger partial charge is 0.0401 e. The number of hydrogen-bond donors (Lipinski definition) is 1. The molecule has 2 nitrogen and oxygen atoms in total. The summed E-state index contributed by atoms with van der Waals surface area (Å²) in [5.41, 5.74) is 3.08. The van der Waals surface area contributed by atoms with Crippen molar-refractivity contribution in [2.45, 2.75) is 25.7 Å². The van der Waals surface area contributed by atoms with E-state index >= 15 is 0 Å². The van der Waals surface area contributed by atoms with Gasteiger partial charge in [-0.1, -0.05) is 25.1 Å². The van der Waals surface area contributed by atoms with E-state index in [1.807, 2.05) is 0 Å². The molecule has 3 rings (SSSR count). The maximum Gasteiger partial charge on any atom is 0.0401 e. The zero-order valence-electron chi connectivity index (χ0n) is 10.7. The Morgan fingerprint density at radius 1 is 1.24 bits per heavy atom. The molecule has 0 aromatic heterocycles. The normalized spacial score (nSPS) is 28.9. The van der Waals surface area contributed by atoms with Crippen LogP contribution < -0.4 is 10.2 Å². The second-order valence-corrected chi connectivity index (χ2v) is 5.48. The van der Waals surface area contributed by atoms with Gasteiger partial charge >= 0.3 is 0 Å². The number of hydrogen-bond acceptors (Lipinski definition) is 2. The van der Waals surface area contributed by atoms with Gasteiger partial charge in [0, 0.05) is 18.8 Å². The van der Waals surface area contributed by atoms with Gasteiger partial charge in [-0.05, 0) is 49.4 Å². The summed E-state index contributed by atoms with van der Waals surface area (Å²) >= 11 is 0. The number of rotatable bonds is 2. The Kier molecular flexibility index (Phi) is 3.06. The minimum Gasteiger partial charge on any atom is -0.371 e. The van der Waals surface area contributed by atoms with Crippen LogP contribution in [-0.4, -0.2) is 26.2 Å². The molecule has 0 spiro atoms. The van der Waals surface area contributed by atoms with Crippen LogP contribution in [0, 0.1) is 5.92 Å². The molecule has 2 fully saturated rings. The van der Waals surface area contributed by atoms with Gasteiger partial charge in [0.15, 0.2) is 0 Å². The zero-order valence-corrected chi connectivity index (χ0v) is 10.7. The summed E-state index contributed by atoms with van der Waals surface area (Å²) in [6.45, 7) is 7.21. The van der Waals surface area contributed by atoms with E-state index in [4.69, 9.17) is 0 Å². The average molecular weight is 230 g/mol. The van der Waals surface area contributed by atoms with Gasteiger partial charge in [-0.3, -0.25) is 0 Å². The van der Waals surface area contributed by atoms with Crippen LogP contribution in [0.4, 0.5) is 5.69 Å². The first-order valence-corrected chi connectivity index (χ1v) is 6.91. The lowest BCUT2D eigenvalue weighted by molar-refractivity contribution is 0.349. The highest BCUT2D eigenvalue weighted by molar-refractivity contribution is 5.56. The summed E-state index contributed by atoms with van der Waals surface area (Å²) in [4.78, 5) is 2.53. The third-order valence-electron chi connectivity index (χ3n) is 4.32. The van der Waals surface area contributed by atoms with Gasteiger partial charge in [0.25, 0.3) is 0 Å². The number of benzene rings is 1. The van der Waals surface area contributed by atoms with E-state index in [0.717, 1.165) is 11.8 Å². The summed E-state index contributed by atoms with van der Waals surface area (Å²) in [6.07, 6.45) is 2.64. The quantitative estimate of drug-likeness (QED) is 0.840. The van der Waals surface area contributed by atoms with Crippen LogP contribution in [0.25, 0.3) is 0 Å². The second kappa shape index (κ2) is 4.69. The van der Waals surface area contributed by atoms with E-state index < -0.39 is 0 Å². The predicted octanol–water partition coefficient (Wildman–Crippen LogP) is 2.61. The molecule has 2 atom stereocenters. The van der Waals surface area contributed by atoms with Crippen molar-refractivity contribution in [3.05, 3.63) is 29.8 Å². The van der Waals surface area contributed by atoms with Gasteiger partial charge in [-0.2, -0.15) is 0 Å². The third kappa shape index (κ3) is 2.06. The maximum absolute atomic E-state index is 3.50. The van der Waals surface area contributed by atoms with E-state index in [1.165, 1.54) is 44.7 Å². The minimum atomic E-state index is 0.744. The highest BCUT2D eigenvalue weighted by atomic mass is 15.2. The molecule has 1 aromatic rings. The molecule has 1 N–H and O–H groups in total. The summed E-state index contributed by atoms with van der Waals surface area (Å²) < 4.78 is 0. The van der Waals surface area contributed by atoms with Gasteiger partial charge in [-0.15, -0.1) is 0 Å². The Morgan fingerprint density at radius 3 is 2.76 bits per heavy atom. The summed E-state index contributed by atoms with van der Waals surface area (Å²) in [5.74, 6) is 1.50. The van der Waals surface area contributed by atoms with E-state index in [1.54, 1.807) is 5.56 Å². The first kappa shape index (κ1) is 11.1. The van der Waals surface area contributed by atoms with Crippen molar-refractivity contribution < 1.29 is 0 Å². The number of para-hydroxylation sites is 1. The van der Waals surface area contributed by atoms with Gasteiger partial charge < -0.3 is 10.2 Å². The molecule has 2 saturated heterocycles. The highest BCUT2D eigenvalue weighted by Crippen LogP contribution is 2.37. The molecule has 2 unspecified atom stereocenters. The minimum absolute atomic E-state index is 0.744. The first-order chi connectivity index (χ1) is 8.36. The Labute approximate surface area is 104 Å². The predicted molar refractivity (Wildman–Crippen MR) is 72.7 cm³/mol. The molecule has 0 aliphatic carbocycles. The van der Waals surface area contributed by atoms with Crippen LogP contribution in [0.2, 0.25) is 0 Å². The number of nitrogens with one attached hydrogen (secondary N) is 1. The van der Waals surface area contributed by atoms with Crippen molar-refractivity contribution in [3.8, 4) is 0 Å². The van der Waals surface area contributed by atoms with E-state index in [9.17, 15) is 0 Å². The molecule has 2 aliphatic rings. The van der Waals surface area contributed by atoms with Crippen molar-refractivity contribution in [2.24, 2.45) is 5.92 Å². The topological polar surface area (TPSA) is 15.3 Å². The van der Waals surface area contributed by atoms with Crippen molar-refractivity contribution in [1.29, 1.82) is 0 Å². The third-order valence-corrected chi connectivity index (χ3v) is 4.32. The average Bonchev–Trinajstić information content (AvgIpc) is 2.29. The Morgan fingerprint density at radius 2 is 2.06 bits per heavy atom. The van der Waals surface area contributed by atoms with Crippen molar-refractivity contribution in [3.63, 3.8) is 0 Å². The van der Waals surface area contributed by atoms with Crippen LogP contribution in [-0.2, 0) is 0 Å². The van der Waals surface area contributed by atoms with Gasteiger partial charge in [0.1, 0.15) is 0 Å². The number of nitrogens with zero attached hydrogens (tertiary/aromatic N) is 1. The Bertz CT molecular complexity index is 384. The maximum atomic E-state index is 3.50. The zero-order chi connectivity index (χ0) is 11.7. The van der Waals surface area contributed by atoms with Crippen LogP contribution in [0.3, 0.4) is 0 Å². The molecule has 0 saturated carbocycles. The van der Waals surface area contributed by atoms with Crippen LogP contribution in [0.1, 0.15) is 31.2 Å². The van der Waals surface area contributed by atoms with Gasteiger partial charge in [0.2, 0.25) is 0 Å². The molecule has 1 aromatic carbocycles. The molecular weight excluding hydrogens is 208 g/mol. The molecule has 0 bridgehead atoms. The number of piperidine rings is 1. The highest BCUT2D eigenvalue weighted by Gasteiger charge is 2.27. The SMILES string of the molecule is CC1CNCCC1c1ccccc1N1CCC1. The van der Waals surface area contributed by atoms with E-state index in [2.05, 4.69) is 41.4 Å². The standard InChI is InChI=1S/C15H22N2/c1-12-11-16-8-7-13(12)14-5-2-3-6-15(14)17-9-4-10-17/h2-3,5-6,12-13,16H,4,7-11H2,1H3. The molecule has 0 radical (unpaired) electrons. The molecule has 92 valence electrons. The van der Waals surface area contributed by atoms with Crippen molar-refractivity contribution in [2.75, 3.05) is 31.1 Å². The van der Waals surface area contributed by atoms with Crippen LogP contribution in [0.5, 0.6) is 0 Å². The van der Waals surface area contributed by atoms with Crippen molar-refractivity contribution >= 4 is 5.69 Å². The fourth-order valence-corrected chi connectivity index (χ4v) is 3.12. The second-order valence-electron chi connectivity index (χ2n) is 5.48. The summed E-state index contributed by atoms with van der Waals surface area (Å²) in [7, 11) is 0. The molecular formula is C15H22N2. The Hall–Kier alpha value is -1.02. The van der Waals surface area contributed by atoms with E-state index in [0.29, 0.717) is 0 Å². The lowest BCUT2D eigenvalue weighted by Crippen LogP contribution is -2.39. The van der Waals surface area contributed by atoms with Crippen molar-refractivity contribution in [1.82, 2.24) is 5.32 Å².